The molecule has 0 radical (unpaired) electrons. The molecule has 1 aromatic rings. The third-order valence-electron chi connectivity index (χ3n) is 6.49. The molecule has 0 spiro atoms. The summed E-state index contributed by atoms with van der Waals surface area (Å²) in [5.74, 6) is -0.339. The van der Waals surface area contributed by atoms with Gasteiger partial charge in [0.25, 0.3) is 0 Å². The Morgan fingerprint density at radius 1 is 1.00 bits per heavy atom. The van der Waals surface area contributed by atoms with E-state index in [2.05, 4.69) is 19.1 Å². The zero-order valence-corrected chi connectivity index (χ0v) is 18.0. The van der Waals surface area contributed by atoms with E-state index in [1.54, 1.807) is 12.1 Å². The smallest absolute Gasteiger partial charge is 0.200 e. The summed E-state index contributed by atoms with van der Waals surface area (Å²) in [4.78, 5) is 0. The second-order valence-electron chi connectivity index (χ2n) is 8.67. The zero-order chi connectivity index (χ0) is 20.6. The highest BCUT2D eigenvalue weighted by molar-refractivity contribution is 5.33. The third kappa shape index (κ3) is 5.81. The standard InChI is InChI=1S/C25H36F2O2/c1-3-5-6-7-18-8-14-22(29-17-18)20-11-9-19(10-12-20)21-13-15-23(28-16-4-2)25(27)24(21)26/h6-7,13,15,18-20,22H,3-5,8-12,14,16-17H2,1-2H3/b7-6+. The van der Waals surface area contributed by atoms with Crippen molar-refractivity contribution in [2.24, 2.45) is 11.8 Å². The zero-order valence-electron chi connectivity index (χ0n) is 18.0. The van der Waals surface area contributed by atoms with E-state index < -0.39 is 11.6 Å². The van der Waals surface area contributed by atoms with Crippen molar-refractivity contribution in [1.29, 1.82) is 0 Å². The minimum absolute atomic E-state index is 0.0277. The summed E-state index contributed by atoms with van der Waals surface area (Å²) in [6.07, 6.45) is 14.2. The van der Waals surface area contributed by atoms with Crippen LogP contribution in [-0.4, -0.2) is 19.3 Å². The number of benzene rings is 1. The molecule has 162 valence electrons. The molecule has 2 fully saturated rings. The highest BCUT2D eigenvalue weighted by Gasteiger charge is 2.33. The van der Waals surface area contributed by atoms with Gasteiger partial charge in [-0.15, -0.1) is 0 Å². The first-order valence-corrected chi connectivity index (χ1v) is 11.5. The third-order valence-corrected chi connectivity index (χ3v) is 6.49. The number of hydrogen-bond donors (Lipinski definition) is 0. The lowest BCUT2D eigenvalue weighted by atomic mass is 9.75. The molecule has 0 aromatic heterocycles. The molecule has 1 saturated carbocycles. The Labute approximate surface area is 174 Å². The minimum Gasteiger partial charge on any atom is -0.490 e. The van der Waals surface area contributed by atoms with Crippen LogP contribution in [0.25, 0.3) is 0 Å². The Morgan fingerprint density at radius 3 is 2.45 bits per heavy atom. The Hall–Kier alpha value is -1.42. The Balaban J connectivity index is 1.50. The van der Waals surface area contributed by atoms with Gasteiger partial charge < -0.3 is 9.47 Å². The Kier molecular flexibility index (Phi) is 8.53. The number of halogens is 2. The molecule has 1 saturated heterocycles. The number of rotatable bonds is 8. The van der Waals surface area contributed by atoms with Crippen LogP contribution in [0.5, 0.6) is 5.75 Å². The molecule has 4 heteroatoms. The van der Waals surface area contributed by atoms with E-state index in [1.165, 1.54) is 12.8 Å². The molecule has 3 rings (SSSR count). The predicted molar refractivity (Wildman–Crippen MR) is 113 cm³/mol. The maximum atomic E-state index is 14.6. The van der Waals surface area contributed by atoms with Crippen LogP contribution in [0.15, 0.2) is 24.3 Å². The van der Waals surface area contributed by atoms with Gasteiger partial charge in [-0.3, -0.25) is 0 Å². The van der Waals surface area contributed by atoms with E-state index in [4.69, 9.17) is 9.47 Å². The van der Waals surface area contributed by atoms with E-state index in [0.717, 1.165) is 51.6 Å². The molecule has 0 N–H and O–H groups in total. The van der Waals surface area contributed by atoms with Gasteiger partial charge in [-0.25, -0.2) is 4.39 Å². The summed E-state index contributed by atoms with van der Waals surface area (Å²) < 4.78 is 40.4. The number of unbranched alkanes of at least 4 members (excludes halogenated alkanes) is 1. The van der Waals surface area contributed by atoms with Crippen LogP contribution in [0.1, 0.15) is 83.1 Å². The lowest BCUT2D eigenvalue weighted by Crippen LogP contribution is -2.33. The van der Waals surface area contributed by atoms with Gasteiger partial charge in [0.15, 0.2) is 11.6 Å². The quantitative estimate of drug-likeness (QED) is 0.426. The molecule has 1 heterocycles. The molecule has 0 amide bonds. The first-order chi connectivity index (χ1) is 14.1. The number of ether oxygens (including phenoxy) is 2. The number of allylic oxidation sites excluding steroid dienone is 1. The summed E-state index contributed by atoms with van der Waals surface area (Å²) in [5.41, 5.74) is 0.510. The topological polar surface area (TPSA) is 18.5 Å². The molecule has 1 aliphatic carbocycles. The fourth-order valence-corrected chi connectivity index (χ4v) is 4.76. The normalized spacial score (nSPS) is 28.0. The average molecular weight is 407 g/mol. The van der Waals surface area contributed by atoms with Gasteiger partial charge in [-0.2, -0.15) is 4.39 Å². The summed E-state index contributed by atoms with van der Waals surface area (Å²) in [5, 5.41) is 0. The van der Waals surface area contributed by atoms with Gasteiger partial charge in [-0.1, -0.05) is 38.5 Å². The van der Waals surface area contributed by atoms with Crippen molar-refractivity contribution in [2.75, 3.05) is 13.2 Å². The molecule has 0 bridgehead atoms. The van der Waals surface area contributed by atoms with Crippen molar-refractivity contribution in [2.45, 2.75) is 83.7 Å². The molecular formula is C25H36F2O2. The highest BCUT2D eigenvalue weighted by atomic mass is 19.2. The van der Waals surface area contributed by atoms with Crippen LogP contribution < -0.4 is 4.74 Å². The molecule has 1 aromatic carbocycles. The van der Waals surface area contributed by atoms with Crippen molar-refractivity contribution >= 4 is 0 Å². The summed E-state index contributed by atoms with van der Waals surface area (Å²) in [7, 11) is 0. The van der Waals surface area contributed by atoms with Gasteiger partial charge >= 0.3 is 0 Å². The summed E-state index contributed by atoms with van der Waals surface area (Å²) in [6.45, 7) is 5.37. The largest absolute Gasteiger partial charge is 0.490 e. The summed E-state index contributed by atoms with van der Waals surface area (Å²) >= 11 is 0. The van der Waals surface area contributed by atoms with E-state index in [0.29, 0.717) is 30.1 Å². The molecule has 2 nitrogen and oxygen atoms in total. The Bertz CT molecular complexity index is 657. The predicted octanol–water partition coefficient (Wildman–Crippen LogP) is 7.18. The lowest BCUT2D eigenvalue weighted by Gasteiger charge is -2.37. The molecule has 2 unspecified atom stereocenters. The van der Waals surface area contributed by atoms with Crippen LogP contribution in [-0.2, 0) is 4.74 Å². The highest BCUT2D eigenvalue weighted by Crippen LogP contribution is 2.41. The van der Waals surface area contributed by atoms with Crippen molar-refractivity contribution < 1.29 is 18.3 Å². The molecule has 1 aliphatic heterocycles. The van der Waals surface area contributed by atoms with E-state index in [-0.39, 0.29) is 11.7 Å². The van der Waals surface area contributed by atoms with Crippen LogP contribution in [0, 0.1) is 23.5 Å². The first-order valence-electron chi connectivity index (χ1n) is 11.5. The monoisotopic (exact) mass is 406 g/mol. The Morgan fingerprint density at radius 2 is 1.79 bits per heavy atom. The number of hydrogen-bond acceptors (Lipinski definition) is 2. The van der Waals surface area contributed by atoms with Crippen molar-refractivity contribution in [1.82, 2.24) is 0 Å². The van der Waals surface area contributed by atoms with E-state index in [1.807, 2.05) is 6.92 Å². The SMILES string of the molecule is CCC/C=C/C1CCC(C2CCC(c3ccc(OCCC)c(F)c3F)CC2)OC1. The van der Waals surface area contributed by atoms with Crippen LogP contribution in [0.3, 0.4) is 0 Å². The molecular weight excluding hydrogens is 370 g/mol. The second-order valence-corrected chi connectivity index (χ2v) is 8.67. The van der Waals surface area contributed by atoms with E-state index in [9.17, 15) is 8.78 Å². The van der Waals surface area contributed by atoms with E-state index >= 15 is 0 Å². The van der Waals surface area contributed by atoms with Gasteiger partial charge in [0.05, 0.1) is 19.3 Å². The molecule has 29 heavy (non-hydrogen) atoms. The van der Waals surface area contributed by atoms with Crippen LogP contribution in [0.4, 0.5) is 8.78 Å². The fraction of sp³-hybridized carbons (Fsp3) is 0.680. The van der Waals surface area contributed by atoms with Crippen LogP contribution >= 0.6 is 0 Å². The average Bonchev–Trinajstić information content (AvgIpc) is 2.76. The molecule has 2 atom stereocenters. The maximum absolute atomic E-state index is 14.6. The second kappa shape index (κ2) is 11.1. The van der Waals surface area contributed by atoms with Gasteiger partial charge in [-0.05, 0) is 74.8 Å². The first kappa shape index (κ1) is 22.3. The van der Waals surface area contributed by atoms with Crippen molar-refractivity contribution in [3.05, 3.63) is 41.5 Å². The summed E-state index contributed by atoms with van der Waals surface area (Å²) in [6, 6.07) is 3.31. The van der Waals surface area contributed by atoms with Gasteiger partial charge in [0, 0.05) is 5.92 Å². The van der Waals surface area contributed by atoms with Crippen LogP contribution in [0.2, 0.25) is 0 Å². The van der Waals surface area contributed by atoms with Gasteiger partial charge in [0.1, 0.15) is 0 Å². The fourth-order valence-electron chi connectivity index (χ4n) is 4.76. The van der Waals surface area contributed by atoms with Crippen molar-refractivity contribution in [3.63, 3.8) is 0 Å². The van der Waals surface area contributed by atoms with Crippen molar-refractivity contribution in [3.8, 4) is 5.75 Å². The van der Waals surface area contributed by atoms with Gasteiger partial charge in [0.2, 0.25) is 5.82 Å². The molecule has 2 aliphatic rings. The lowest BCUT2D eigenvalue weighted by molar-refractivity contribution is -0.0471. The maximum Gasteiger partial charge on any atom is 0.200 e. The minimum atomic E-state index is -0.837.